The van der Waals surface area contributed by atoms with Crippen LogP contribution in [0.15, 0.2) is 46.9 Å². The number of hydrogen-bond acceptors (Lipinski definition) is 12. The topological polar surface area (TPSA) is 166 Å². The first-order chi connectivity index (χ1) is 30.7. The number of hydrazine groups is 1. The highest BCUT2D eigenvalue weighted by Gasteiger charge is 2.58. The molecule has 3 aliphatic heterocycles. The lowest BCUT2D eigenvalue weighted by Gasteiger charge is -2.37. The number of rotatable bonds is 11. The van der Waals surface area contributed by atoms with E-state index in [1.807, 2.05) is 52.1 Å². The highest BCUT2D eigenvalue weighted by Crippen LogP contribution is 2.48. The van der Waals surface area contributed by atoms with Crippen LogP contribution in [0, 0.1) is 23.2 Å². The van der Waals surface area contributed by atoms with Crippen molar-refractivity contribution in [2.75, 3.05) is 46.6 Å². The summed E-state index contributed by atoms with van der Waals surface area (Å²) in [5, 5.41) is 7.92. The normalized spacial score (nSPS) is 27.2. The number of carbonyl (C=O) groups excluding carboxylic acids is 4. The molecule has 346 valence electrons. The maximum Gasteiger partial charge on any atom is 0.324 e. The van der Waals surface area contributed by atoms with Crippen LogP contribution >= 0.6 is 11.3 Å². The Kier molecular flexibility index (Phi) is 14.6. The highest BCUT2D eigenvalue weighted by molar-refractivity contribution is 7.10. The molecule has 7 rings (SSSR count). The first kappa shape index (κ1) is 47.2. The van der Waals surface area contributed by atoms with Crippen molar-refractivity contribution < 1.29 is 38.1 Å². The molecule has 3 amide bonds. The zero-order valence-electron chi connectivity index (χ0n) is 38.8. The van der Waals surface area contributed by atoms with Gasteiger partial charge in [-0.1, -0.05) is 39.5 Å². The molecule has 2 N–H and O–H groups in total. The van der Waals surface area contributed by atoms with Gasteiger partial charge in [0.2, 0.25) is 11.8 Å². The molecular formula is C48H65N7O8S. The molecule has 1 aliphatic carbocycles. The van der Waals surface area contributed by atoms with E-state index in [4.69, 9.17) is 28.9 Å². The van der Waals surface area contributed by atoms with E-state index in [2.05, 4.69) is 54.8 Å². The Balaban J connectivity index is 1.34. The predicted molar refractivity (Wildman–Crippen MR) is 247 cm³/mol. The molecule has 2 saturated heterocycles. The van der Waals surface area contributed by atoms with E-state index >= 15 is 0 Å². The van der Waals surface area contributed by atoms with Gasteiger partial charge in [0.1, 0.15) is 23.2 Å². The molecule has 4 aliphatic rings. The van der Waals surface area contributed by atoms with Crippen LogP contribution in [0.1, 0.15) is 90.6 Å². The molecule has 8 atom stereocenters. The number of cyclic esters (lactones) is 1. The summed E-state index contributed by atoms with van der Waals surface area (Å²) in [5.74, 6) is -2.79. The summed E-state index contributed by atoms with van der Waals surface area (Å²) >= 11 is 1.35. The monoisotopic (exact) mass is 899 g/mol. The van der Waals surface area contributed by atoms with Crippen LogP contribution in [-0.4, -0.2) is 120 Å². The van der Waals surface area contributed by atoms with Crippen LogP contribution in [0.4, 0.5) is 0 Å². The summed E-state index contributed by atoms with van der Waals surface area (Å²) < 4.78 is 26.2. The Labute approximate surface area is 380 Å². The van der Waals surface area contributed by atoms with E-state index in [0.717, 1.165) is 39.0 Å². The molecule has 1 saturated carbocycles. The molecule has 64 heavy (non-hydrogen) atoms. The minimum atomic E-state index is -1.23. The van der Waals surface area contributed by atoms with Gasteiger partial charge in [0.25, 0.3) is 5.91 Å². The van der Waals surface area contributed by atoms with E-state index in [-0.39, 0.29) is 37.2 Å². The van der Waals surface area contributed by atoms with Crippen molar-refractivity contribution in [1.82, 2.24) is 30.2 Å². The van der Waals surface area contributed by atoms with Gasteiger partial charge in [-0.25, -0.2) is 10.4 Å². The number of methoxy groups -OCH3 is 1. The Morgan fingerprint density at radius 2 is 1.97 bits per heavy atom. The van der Waals surface area contributed by atoms with Crippen molar-refractivity contribution in [1.29, 1.82) is 0 Å². The average molecular weight is 900 g/mol. The molecule has 16 heteroatoms. The second-order valence-corrected chi connectivity index (χ2v) is 19.0. The maximum atomic E-state index is 14.8. The number of nitrogens with zero attached hydrogens (tertiary/aromatic N) is 5. The highest BCUT2D eigenvalue weighted by atomic mass is 32.1. The summed E-state index contributed by atoms with van der Waals surface area (Å²) in [7, 11) is 1.67. The van der Waals surface area contributed by atoms with Gasteiger partial charge in [-0.2, -0.15) is 0 Å². The summed E-state index contributed by atoms with van der Waals surface area (Å²) in [5.41, 5.74) is 8.79. The van der Waals surface area contributed by atoms with Crippen LogP contribution in [0.3, 0.4) is 0 Å². The quantitative estimate of drug-likeness (QED) is 0.130. The number of hydrogen-bond donors (Lipinski definition) is 2. The fourth-order valence-electron chi connectivity index (χ4n) is 9.59. The van der Waals surface area contributed by atoms with Crippen molar-refractivity contribution in [3.63, 3.8) is 0 Å². The van der Waals surface area contributed by atoms with Crippen molar-refractivity contribution in [3.05, 3.63) is 58.2 Å². The largest absolute Gasteiger partial charge is 0.464 e. The van der Waals surface area contributed by atoms with Crippen molar-refractivity contribution >= 4 is 57.7 Å². The summed E-state index contributed by atoms with van der Waals surface area (Å²) in [4.78, 5) is 68.6. The third-order valence-electron chi connectivity index (χ3n) is 13.1. The fourth-order valence-corrected chi connectivity index (χ4v) is 10.5. The number of carbonyl (C=O) groups is 4. The molecular weight excluding hydrogens is 835 g/mol. The van der Waals surface area contributed by atoms with E-state index < -0.39 is 53.2 Å². The minimum Gasteiger partial charge on any atom is -0.464 e. The number of thiazole rings is 1. The Morgan fingerprint density at radius 1 is 1.19 bits per heavy atom. The van der Waals surface area contributed by atoms with Gasteiger partial charge in [0, 0.05) is 72.4 Å². The van der Waals surface area contributed by atoms with Crippen molar-refractivity contribution in [2.24, 2.45) is 28.2 Å². The third-order valence-corrected chi connectivity index (χ3v) is 14.0. The fraction of sp³-hybridized carbons (Fsp3) is 0.583. The molecule has 0 radical (unpaired) electrons. The number of amides is 3. The smallest absolute Gasteiger partial charge is 0.324 e. The van der Waals surface area contributed by atoms with Crippen molar-refractivity contribution in [3.8, 4) is 11.3 Å². The first-order valence-corrected chi connectivity index (χ1v) is 23.6. The number of benzene rings is 1. The lowest BCUT2D eigenvalue weighted by atomic mass is 9.84. The summed E-state index contributed by atoms with van der Waals surface area (Å²) in [6.07, 6.45) is 3.82. The van der Waals surface area contributed by atoms with Crippen molar-refractivity contribution in [2.45, 2.75) is 112 Å². The number of aliphatic imine (C=N–C) groups is 1. The van der Waals surface area contributed by atoms with Gasteiger partial charge >= 0.3 is 5.97 Å². The number of allylic oxidation sites excluding steroid dienone is 2. The standard InChI is InChI=1S/C48H65N7O8S/c1-11-31(39(49-12-2)29(7)60-10)41-33-23-48(8,9)26-63-47(59)34-16-15-19-55(52-34)46(58)40(51-43(56)37-28(6)38(37)45(57)54-20-21-61-24-27(54)5)42(62-14-4)44-50-35(25-64-44)30-17-18-36(32(33)22-30)53(41)13-3/h11-12,17-18,22,25,27-29,34,37-38,40,42,52H,1,13-16,19-21,23-24,26H2,2-10H3,(H,51,56)/b39-31+,49-12-/t27-,28+,29-,34-,37+,38+,40-,42-/m0/s1. The zero-order valence-corrected chi connectivity index (χ0v) is 39.6. The van der Waals surface area contributed by atoms with Gasteiger partial charge in [-0.3, -0.25) is 29.2 Å². The lowest BCUT2D eigenvalue weighted by molar-refractivity contribution is -0.156. The van der Waals surface area contributed by atoms with Crippen LogP contribution < -0.4 is 10.7 Å². The number of aromatic nitrogens is 2. The van der Waals surface area contributed by atoms with E-state index in [1.165, 1.54) is 16.3 Å². The van der Waals surface area contributed by atoms with Crippen LogP contribution in [0.25, 0.3) is 27.7 Å². The van der Waals surface area contributed by atoms with Crippen LogP contribution in [-0.2, 0) is 51.1 Å². The van der Waals surface area contributed by atoms with Gasteiger partial charge in [0.05, 0.1) is 60.9 Å². The minimum absolute atomic E-state index is 0.0784. The molecule has 0 unspecified atom stereocenters. The van der Waals surface area contributed by atoms with E-state index in [9.17, 15) is 19.2 Å². The molecule has 3 fully saturated rings. The van der Waals surface area contributed by atoms with Gasteiger partial charge in [-0.05, 0) is 77.5 Å². The first-order valence-electron chi connectivity index (χ1n) is 22.7. The van der Waals surface area contributed by atoms with Crippen LogP contribution in [0.5, 0.6) is 0 Å². The Morgan fingerprint density at radius 3 is 2.66 bits per heavy atom. The summed E-state index contributed by atoms with van der Waals surface area (Å²) in [6, 6.07) is 4.17. The number of ether oxygens (including phenoxy) is 4. The Bertz CT molecular complexity index is 2320. The van der Waals surface area contributed by atoms with Crippen LogP contribution in [0.2, 0.25) is 0 Å². The molecule has 5 heterocycles. The lowest BCUT2D eigenvalue weighted by Crippen LogP contribution is -2.61. The zero-order chi connectivity index (χ0) is 46.0. The molecule has 2 aromatic heterocycles. The average Bonchev–Trinajstić information content (AvgIpc) is 3.57. The second kappa shape index (κ2) is 19.8. The molecule has 6 bridgehead atoms. The number of esters is 1. The third kappa shape index (κ3) is 9.35. The summed E-state index contributed by atoms with van der Waals surface area (Å²) in [6.45, 7) is 22.7. The number of aryl methyl sites for hydroxylation is 1. The molecule has 0 spiro atoms. The molecule has 15 nitrogen and oxygen atoms in total. The Hall–Kier alpha value is -4.74. The molecule has 3 aromatic rings. The van der Waals surface area contributed by atoms with Gasteiger partial charge in [-0.15, -0.1) is 11.3 Å². The predicted octanol–water partition coefficient (Wildman–Crippen LogP) is 6.12. The number of morpholine rings is 1. The number of fused-ring (bicyclic) bond motifs is 6. The van der Waals surface area contributed by atoms with E-state index in [1.54, 1.807) is 18.2 Å². The molecule has 1 aromatic carbocycles. The van der Waals surface area contributed by atoms with E-state index in [0.29, 0.717) is 62.8 Å². The van der Waals surface area contributed by atoms with Gasteiger partial charge in [0.15, 0.2) is 0 Å². The number of nitrogens with one attached hydrogen (secondary N) is 2. The SMILES string of the molecule is C=C/C(=C(\N=C/C)[C@H](C)OC)c1c2c3cc(ccc3n1CC)-c1csc(n1)[C@@H](OCC)[C@H](NC(=O)[C@@H]1[C@@H](C)[C@H]1C(=O)N1CCOC[C@@H]1C)C(=O)N1CCC[C@H](N1)C(=O)OCC(C)(C)C2. The maximum absolute atomic E-state index is 14.8. The second-order valence-electron chi connectivity index (χ2n) is 18.1. The van der Waals surface area contributed by atoms with Gasteiger partial charge < -0.3 is 33.7 Å².